The highest BCUT2D eigenvalue weighted by Gasteiger charge is 2.07. The van der Waals surface area contributed by atoms with Crippen LogP contribution < -0.4 is 4.94 Å². The van der Waals surface area contributed by atoms with Crippen LogP contribution in [-0.2, 0) is 0 Å². The molecule has 0 saturated heterocycles. The van der Waals surface area contributed by atoms with Crippen LogP contribution >= 0.6 is 34.7 Å². The van der Waals surface area contributed by atoms with Crippen LogP contribution in [0.1, 0.15) is 0 Å². The Bertz CT molecular complexity index is 520. The van der Waals surface area contributed by atoms with Crippen LogP contribution in [-0.4, -0.2) is 4.37 Å². The van der Waals surface area contributed by atoms with E-state index in [0.717, 1.165) is 11.5 Å². The lowest BCUT2D eigenvalue weighted by atomic mass is 10.2. The highest BCUT2D eigenvalue weighted by Crippen LogP contribution is 2.27. The molecule has 0 spiro atoms. The molecular weight excluding hydrogens is 245 g/mol. The number of hydrogen-bond acceptors (Lipinski definition) is 4. The van der Waals surface area contributed by atoms with E-state index in [2.05, 4.69) is 4.37 Å². The van der Waals surface area contributed by atoms with Gasteiger partial charge in [0.05, 0.1) is 21.6 Å². The van der Waals surface area contributed by atoms with E-state index in [1.807, 2.05) is 0 Å². The quantitative estimate of drug-likeness (QED) is 0.778. The van der Waals surface area contributed by atoms with Crippen molar-refractivity contribution in [2.24, 2.45) is 0 Å². The number of rotatable bonds is 1. The third-order valence-corrected chi connectivity index (χ3v) is 2.78. The van der Waals surface area contributed by atoms with Gasteiger partial charge < -0.3 is 4.42 Å². The largest absolute Gasteiger partial charge is 0.414 e. The molecule has 0 aliphatic carbocycles. The molecule has 0 aliphatic heterocycles. The molecule has 0 radical (unpaired) electrons. The topological polar surface area (TPSA) is 43.1 Å². The first-order valence-corrected chi connectivity index (χ1v) is 5.12. The Morgan fingerprint density at radius 2 is 2.07 bits per heavy atom. The van der Waals surface area contributed by atoms with E-state index >= 15 is 0 Å². The van der Waals surface area contributed by atoms with Crippen molar-refractivity contribution >= 4 is 34.7 Å². The number of aromatic nitrogens is 1. The first-order chi connectivity index (χ1) is 6.66. The number of nitrogens with zero attached hydrogens (tertiary/aromatic N) is 1. The molecular formula is C8H3Cl2NO2S. The number of hydrogen-bond donors (Lipinski definition) is 0. The molecule has 1 heterocycles. The van der Waals surface area contributed by atoms with Crippen LogP contribution in [0.5, 0.6) is 0 Å². The molecule has 0 amide bonds. The van der Waals surface area contributed by atoms with Crippen molar-refractivity contribution in [1.82, 2.24) is 4.37 Å². The predicted molar refractivity (Wildman–Crippen MR) is 56.1 cm³/mol. The van der Waals surface area contributed by atoms with E-state index < -0.39 is 4.94 Å². The van der Waals surface area contributed by atoms with Gasteiger partial charge in [-0.15, -0.1) is 4.37 Å². The predicted octanol–water partition coefficient (Wildman–Crippen LogP) is 3.07. The third-order valence-electron chi connectivity index (χ3n) is 1.55. The summed E-state index contributed by atoms with van der Waals surface area (Å²) in [6.45, 7) is 0. The minimum Gasteiger partial charge on any atom is -0.394 e. The second-order valence-corrected chi connectivity index (χ2v) is 3.98. The normalized spacial score (nSPS) is 10.4. The lowest BCUT2D eigenvalue weighted by Gasteiger charge is -1.97. The molecule has 0 unspecified atom stereocenters. The highest BCUT2D eigenvalue weighted by atomic mass is 35.5. The molecule has 1 aromatic carbocycles. The van der Waals surface area contributed by atoms with Gasteiger partial charge in [-0.05, 0) is 18.2 Å². The maximum Gasteiger partial charge on any atom is 0.414 e. The van der Waals surface area contributed by atoms with Crippen molar-refractivity contribution in [1.29, 1.82) is 0 Å². The zero-order valence-corrected chi connectivity index (χ0v) is 8.99. The molecule has 2 rings (SSSR count). The van der Waals surface area contributed by atoms with Crippen LogP contribution in [0, 0.1) is 0 Å². The van der Waals surface area contributed by atoms with Gasteiger partial charge in [0.2, 0.25) is 5.89 Å². The minimum absolute atomic E-state index is 0.263. The molecule has 72 valence electrons. The third kappa shape index (κ3) is 1.82. The Morgan fingerprint density at radius 3 is 2.64 bits per heavy atom. The van der Waals surface area contributed by atoms with Crippen molar-refractivity contribution in [2.45, 2.75) is 0 Å². The molecule has 0 aliphatic rings. The lowest BCUT2D eigenvalue weighted by molar-refractivity contribution is 0.543. The van der Waals surface area contributed by atoms with Gasteiger partial charge in [0.1, 0.15) is 0 Å². The van der Waals surface area contributed by atoms with Gasteiger partial charge in [0.15, 0.2) is 0 Å². The lowest BCUT2D eigenvalue weighted by Crippen LogP contribution is -1.82. The van der Waals surface area contributed by atoms with Crippen LogP contribution in [0.4, 0.5) is 0 Å². The van der Waals surface area contributed by atoms with E-state index in [1.165, 1.54) is 0 Å². The zero-order valence-electron chi connectivity index (χ0n) is 6.66. The molecule has 14 heavy (non-hydrogen) atoms. The van der Waals surface area contributed by atoms with Gasteiger partial charge >= 0.3 is 4.94 Å². The fourth-order valence-corrected chi connectivity index (χ4v) is 1.65. The first kappa shape index (κ1) is 9.71. The van der Waals surface area contributed by atoms with E-state index in [0.29, 0.717) is 15.6 Å². The van der Waals surface area contributed by atoms with Crippen LogP contribution in [0.25, 0.3) is 11.5 Å². The van der Waals surface area contributed by atoms with E-state index in [4.69, 9.17) is 27.6 Å². The van der Waals surface area contributed by atoms with E-state index in [1.54, 1.807) is 18.2 Å². The van der Waals surface area contributed by atoms with E-state index in [-0.39, 0.29) is 5.89 Å². The molecule has 6 heteroatoms. The Kier molecular flexibility index (Phi) is 2.58. The monoisotopic (exact) mass is 247 g/mol. The molecule has 0 atom stereocenters. The summed E-state index contributed by atoms with van der Waals surface area (Å²) >= 11 is 12.3. The maximum atomic E-state index is 10.7. The SMILES string of the molecule is O=c1oc(-c2ccc(Cl)c(Cl)c2)ns1. The van der Waals surface area contributed by atoms with Crippen LogP contribution in [0.3, 0.4) is 0 Å². The fourth-order valence-electron chi connectivity index (χ4n) is 0.936. The summed E-state index contributed by atoms with van der Waals surface area (Å²) in [6, 6.07) is 4.91. The fraction of sp³-hybridized carbons (Fsp3) is 0. The van der Waals surface area contributed by atoms with Crippen LogP contribution in [0.15, 0.2) is 27.4 Å². The zero-order chi connectivity index (χ0) is 10.1. The smallest absolute Gasteiger partial charge is 0.394 e. The van der Waals surface area contributed by atoms with E-state index in [9.17, 15) is 4.79 Å². The summed E-state index contributed by atoms with van der Waals surface area (Å²) in [6.07, 6.45) is 0. The standard InChI is InChI=1S/C8H3Cl2NO2S/c9-5-2-1-4(3-6(5)10)7-11-14-8(12)13-7/h1-3H. The minimum atomic E-state index is -0.439. The van der Waals surface area contributed by atoms with Crippen molar-refractivity contribution in [3.8, 4) is 11.5 Å². The summed E-state index contributed by atoms with van der Waals surface area (Å²) in [4.78, 5) is 10.3. The average Bonchev–Trinajstić information content (AvgIpc) is 2.57. The van der Waals surface area contributed by atoms with Crippen molar-refractivity contribution in [3.05, 3.63) is 38.0 Å². The second kappa shape index (κ2) is 3.73. The van der Waals surface area contributed by atoms with Crippen LogP contribution in [0.2, 0.25) is 10.0 Å². The molecule has 0 fully saturated rings. The van der Waals surface area contributed by atoms with Gasteiger partial charge in [0, 0.05) is 5.56 Å². The number of halogens is 2. The Hall–Kier alpha value is -0.840. The van der Waals surface area contributed by atoms with Crippen molar-refractivity contribution in [2.75, 3.05) is 0 Å². The number of benzene rings is 1. The molecule has 0 N–H and O–H groups in total. The molecule has 0 bridgehead atoms. The summed E-state index contributed by atoms with van der Waals surface area (Å²) in [7, 11) is 0. The average molecular weight is 248 g/mol. The van der Waals surface area contributed by atoms with Gasteiger partial charge in [-0.2, -0.15) is 0 Å². The Balaban J connectivity index is 2.52. The van der Waals surface area contributed by atoms with Gasteiger partial charge in [0.25, 0.3) is 0 Å². The molecule has 1 aromatic heterocycles. The summed E-state index contributed by atoms with van der Waals surface area (Å²) in [5, 5.41) is 0.854. The second-order valence-electron chi connectivity index (χ2n) is 2.47. The molecule has 3 nitrogen and oxygen atoms in total. The highest BCUT2D eigenvalue weighted by molar-refractivity contribution is 7.02. The van der Waals surface area contributed by atoms with Crippen molar-refractivity contribution in [3.63, 3.8) is 0 Å². The molecule has 2 aromatic rings. The van der Waals surface area contributed by atoms with Gasteiger partial charge in [-0.1, -0.05) is 23.2 Å². The maximum absolute atomic E-state index is 10.7. The Labute approximate surface area is 93.1 Å². The van der Waals surface area contributed by atoms with Gasteiger partial charge in [-0.3, -0.25) is 0 Å². The van der Waals surface area contributed by atoms with Gasteiger partial charge in [-0.25, -0.2) is 4.79 Å². The summed E-state index contributed by atoms with van der Waals surface area (Å²) < 4.78 is 8.63. The molecule has 0 saturated carbocycles. The summed E-state index contributed by atoms with van der Waals surface area (Å²) in [5.41, 5.74) is 0.637. The first-order valence-electron chi connectivity index (χ1n) is 3.59. The summed E-state index contributed by atoms with van der Waals surface area (Å²) in [5.74, 6) is 0.263. The Morgan fingerprint density at radius 1 is 1.29 bits per heavy atom. The van der Waals surface area contributed by atoms with Crippen molar-refractivity contribution < 1.29 is 4.42 Å².